The lowest BCUT2D eigenvalue weighted by Crippen LogP contribution is -2.44. The second-order valence-electron chi connectivity index (χ2n) is 5.86. The lowest BCUT2D eigenvalue weighted by atomic mass is 10.2. The van der Waals surface area contributed by atoms with Gasteiger partial charge in [-0.25, -0.2) is 4.39 Å². The molecule has 0 fully saturated rings. The van der Waals surface area contributed by atoms with Gasteiger partial charge in [-0.05, 0) is 31.2 Å². The van der Waals surface area contributed by atoms with Crippen molar-refractivity contribution in [3.8, 4) is 5.75 Å². The molecule has 2 aromatic rings. The van der Waals surface area contributed by atoms with E-state index in [1.165, 1.54) is 6.07 Å². The number of halogens is 2. The molecule has 2 rings (SSSR count). The van der Waals surface area contributed by atoms with Crippen molar-refractivity contribution in [2.45, 2.75) is 13.0 Å². The van der Waals surface area contributed by atoms with Gasteiger partial charge in [0.2, 0.25) is 0 Å². The van der Waals surface area contributed by atoms with E-state index in [9.17, 15) is 9.18 Å². The monoisotopic (exact) mass is 500 g/mol. The second-order valence-corrected chi connectivity index (χ2v) is 5.86. The minimum absolute atomic E-state index is 0. The maximum Gasteiger partial charge on any atom is 0.251 e. The van der Waals surface area contributed by atoms with Crippen LogP contribution in [0.25, 0.3) is 0 Å². The predicted molar refractivity (Wildman–Crippen MR) is 120 cm³/mol. The number of rotatable bonds is 8. The number of hydrogen-bond donors (Lipinski definition) is 3. The maximum absolute atomic E-state index is 13.6. The molecule has 152 valence electrons. The summed E-state index contributed by atoms with van der Waals surface area (Å²) in [5, 5.41) is 9.04. The summed E-state index contributed by atoms with van der Waals surface area (Å²) in [6.45, 7) is 3.26. The minimum atomic E-state index is -0.388. The largest absolute Gasteiger partial charge is 0.486 e. The summed E-state index contributed by atoms with van der Waals surface area (Å²) in [5.74, 6) is 0.291. The van der Waals surface area contributed by atoms with Crippen LogP contribution in [-0.4, -0.2) is 44.7 Å². The Morgan fingerprint density at radius 2 is 1.68 bits per heavy atom. The first kappa shape index (κ1) is 23.7. The van der Waals surface area contributed by atoms with Crippen molar-refractivity contribution in [2.24, 2.45) is 4.99 Å². The van der Waals surface area contributed by atoms with Gasteiger partial charge in [-0.15, -0.1) is 24.0 Å². The lowest BCUT2D eigenvalue weighted by molar-refractivity contribution is 0.0954. The molecular weight excluding hydrogens is 474 g/mol. The van der Waals surface area contributed by atoms with Crippen molar-refractivity contribution in [1.82, 2.24) is 16.0 Å². The fourth-order valence-corrected chi connectivity index (χ4v) is 2.31. The number of nitrogens with one attached hydrogen (secondary N) is 3. The summed E-state index contributed by atoms with van der Waals surface area (Å²) < 4.78 is 19.2. The number of aliphatic imine (C=N–C) groups is 1. The third-order valence-electron chi connectivity index (χ3n) is 3.68. The van der Waals surface area contributed by atoms with Crippen LogP contribution in [0.5, 0.6) is 5.75 Å². The Hall–Kier alpha value is -2.36. The van der Waals surface area contributed by atoms with Crippen LogP contribution in [0.1, 0.15) is 17.3 Å². The molecule has 0 heterocycles. The topological polar surface area (TPSA) is 74.8 Å². The number of guanidine groups is 1. The van der Waals surface area contributed by atoms with Crippen LogP contribution < -0.4 is 20.7 Å². The molecule has 0 aliphatic carbocycles. The summed E-state index contributed by atoms with van der Waals surface area (Å²) in [7, 11) is 1.65. The molecule has 1 unspecified atom stereocenters. The molecule has 0 saturated heterocycles. The quantitative estimate of drug-likeness (QED) is 0.226. The smallest absolute Gasteiger partial charge is 0.251 e. The molecule has 3 N–H and O–H groups in total. The summed E-state index contributed by atoms with van der Waals surface area (Å²) in [4.78, 5) is 16.1. The van der Waals surface area contributed by atoms with Gasteiger partial charge in [0, 0.05) is 25.7 Å². The highest BCUT2D eigenvalue weighted by molar-refractivity contribution is 14.0. The summed E-state index contributed by atoms with van der Waals surface area (Å²) in [6, 6.07) is 15.3. The van der Waals surface area contributed by atoms with E-state index in [-0.39, 0.29) is 47.6 Å². The van der Waals surface area contributed by atoms with Crippen molar-refractivity contribution < 1.29 is 13.9 Å². The van der Waals surface area contributed by atoms with Crippen molar-refractivity contribution >= 4 is 35.8 Å². The van der Waals surface area contributed by atoms with Gasteiger partial charge in [-0.1, -0.05) is 30.3 Å². The molecule has 6 nitrogen and oxygen atoms in total. The van der Waals surface area contributed by atoms with Gasteiger partial charge in [0.15, 0.2) is 17.5 Å². The molecule has 0 spiro atoms. The van der Waals surface area contributed by atoms with E-state index in [2.05, 4.69) is 20.9 Å². The van der Waals surface area contributed by atoms with E-state index >= 15 is 0 Å². The molecule has 0 aliphatic rings. The van der Waals surface area contributed by atoms with Crippen LogP contribution >= 0.6 is 24.0 Å². The van der Waals surface area contributed by atoms with Gasteiger partial charge in [-0.2, -0.15) is 0 Å². The Labute approximate surface area is 182 Å². The number of carbonyl (C=O) groups is 1. The number of nitrogens with zero attached hydrogens (tertiary/aromatic N) is 1. The summed E-state index contributed by atoms with van der Waals surface area (Å²) in [6.07, 6.45) is -0.252. The number of benzene rings is 2. The van der Waals surface area contributed by atoms with Gasteiger partial charge < -0.3 is 20.7 Å². The molecule has 8 heteroatoms. The molecular formula is C20H26FIN4O2. The summed E-state index contributed by atoms with van der Waals surface area (Å²) in [5.41, 5.74) is 0.624. The molecule has 0 aliphatic heterocycles. The highest BCUT2D eigenvalue weighted by atomic mass is 127. The SMILES string of the molecule is CN=C(NCCNC(=O)c1ccccc1)NCC(C)Oc1ccccc1F.I. The molecule has 28 heavy (non-hydrogen) atoms. The molecule has 0 aromatic heterocycles. The molecule has 0 bridgehead atoms. The first-order valence-electron chi connectivity index (χ1n) is 8.79. The van der Waals surface area contributed by atoms with E-state index < -0.39 is 0 Å². The Kier molecular flexibility index (Phi) is 10.9. The average molecular weight is 500 g/mol. The fraction of sp³-hybridized carbons (Fsp3) is 0.300. The normalized spacial score (nSPS) is 11.8. The van der Waals surface area contributed by atoms with Crippen molar-refractivity contribution in [3.63, 3.8) is 0 Å². The zero-order chi connectivity index (χ0) is 19.5. The maximum atomic E-state index is 13.6. The lowest BCUT2D eigenvalue weighted by Gasteiger charge is -2.18. The first-order chi connectivity index (χ1) is 13.1. The zero-order valence-corrected chi connectivity index (χ0v) is 18.3. The van der Waals surface area contributed by atoms with Crippen LogP contribution in [0.2, 0.25) is 0 Å². The minimum Gasteiger partial charge on any atom is -0.486 e. The van der Waals surface area contributed by atoms with Crippen LogP contribution in [0, 0.1) is 5.82 Å². The Bertz CT molecular complexity index is 759. The third-order valence-corrected chi connectivity index (χ3v) is 3.68. The number of hydrogen-bond acceptors (Lipinski definition) is 3. The first-order valence-corrected chi connectivity index (χ1v) is 8.79. The number of para-hydroxylation sites is 1. The van der Waals surface area contributed by atoms with Crippen LogP contribution in [0.4, 0.5) is 4.39 Å². The third kappa shape index (κ3) is 8.12. The molecule has 2 aromatic carbocycles. The number of amides is 1. The Morgan fingerprint density at radius 1 is 1.04 bits per heavy atom. The Morgan fingerprint density at radius 3 is 2.36 bits per heavy atom. The highest BCUT2D eigenvalue weighted by Crippen LogP contribution is 2.16. The van der Waals surface area contributed by atoms with E-state index in [4.69, 9.17) is 4.74 Å². The molecule has 0 radical (unpaired) electrons. The standard InChI is InChI=1S/C20H25FN4O2.HI/c1-15(27-18-11-7-6-10-17(18)21)14-25-20(22-2)24-13-12-23-19(26)16-8-4-3-5-9-16;/h3-11,15H,12-14H2,1-2H3,(H,23,26)(H2,22,24,25);1H. The van der Waals surface area contributed by atoms with E-state index in [0.29, 0.717) is 31.2 Å². The van der Waals surface area contributed by atoms with Gasteiger partial charge in [-0.3, -0.25) is 9.79 Å². The van der Waals surface area contributed by atoms with Gasteiger partial charge in [0.25, 0.3) is 5.91 Å². The van der Waals surface area contributed by atoms with E-state index in [1.54, 1.807) is 37.4 Å². The van der Waals surface area contributed by atoms with Crippen LogP contribution in [0.15, 0.2) is 59.6 Å². The van der Waals surface area contributed by atoms with Crippen molar-refractivity contribution in [2.75, 3.05) is 26.7 Å². The zero-order valence-electron chi connectivity index (χ0n) is 15.9. The molecule has 1 amide bonds. The number of ether oxygens (including phenoxy) is 1. The average Bonchev–Trinajstić information content (AvgIpc) is 2.69. The molecule has 1 atom stereocenters. The van der Waals surface area contributed by atoms with Crippen LogP contribution in [-0.2, 0) is 0 Å². The van der Waals surface area contributed by atoms with Crippen LogP contribution in [0.3, 0.4) is 0 Å². The summed E-state index contributed by atoms with van der Waals surface area (Å²) >= 11 is 0. The van der Waals surface area contributed by atoms with Gasteiger partial charge >= 0.3 is 0 Å². The number of carbonyl (C=O) groups excluding carboxylic acids is 1. The van der Waals surface area contributed by atoms with E-state index in [1.807, 2.05) is 25.1 Å². The highest BCUT2D eigenvalue weighted by Gasteiger charge is 2.09. The van der Waals surface area contributed by atoms with E-state index in [0.717, 1.165) is 0 Å². The van der Waals surface area contributed by atoms with Gasteiger partial charge in [0.1, 0.15) is 6.10 Å². The van der Waals surface area contributed by atoms with Crippen molar-refractivity contribution in [1.29, 1.82) is 0 Å². The Balaban J connectivity index is 0.00000392. The van der Waals surface area contributed by atoms with Crippen molar-refractivity contribution in [3.05, 3.63) is 66.0 Å². The fourth-order valence-electron chi connectivity index (χ4n) is 2.31. The molecule has 0 saturated carbocycles. The second kappa shape index (κ2) is 12.9. The predicted octanol–water partition coefficient (Wildman–Crippen LogP) is 2.81. The van der Waals surface area contributed by atoms with Gasteiger partial charge in [0.05, 0.1) is 6.54 Å².